The monoisotopic (exact) mass is 198 g/mol. The molecule has 0 saturated heterocycles. The molecule has 0 saturated carbocycles. The molecule has 1 unspecified atom stereocenters. The Morgan fingerprint density at radius 2 is 2.14 bits per heavy atom. The quantitative estimate of drug-likeness (QED) is 0.516. The normalized spacial score (nSPS) is 19.0. The van der Waals surface area contributed by atoms with Crippen LogP contribution in [0.4, 0.5) is 0 Å². The van der Waals surface area contributed by atoms with Gasteiger partial charge in [-0.2, -0.15) is 0 Å². The van der Waals surface area contributed by atoms with E-state index in [2.05, 4.69) is 30.0 Å². The second-order valence-electron chi connectivity index (χ2n) is 3.84. The lowest BCUT2D eigenvalue weighted by Gasteiger charge is -2.08. The van der Waals surface area contributed by atoms with Crippen LogP contribution in [0.25, 0.3) is 0 Å². The van der Waals surface area contributed by atoms with E-state index in [4.69, 9.17) is 11.5 Å². The van der Waals surface area contributed by atoms with E-state index in [9.17, 15) is 0 Å². The van der Waals surface area contributed by atoms with Crippen LogP contribution in [-0.2, 0) is 0 Å². The highest BCUT2D eigenvalue weighted by molar-refractivity contribution is 5.75. The molecular formula is C10H22N4. The maximum Gasteiger partial charge on any atom is 0.185 e. The molecule has 0 fully saturated rings. The molecule has 0 aromatic heterocycles. The Morgan fingerprint density at radius 1 is 1.57 bits per heavy atom. The molecule has 1 atom stereocenters. The summed E-state index contributed by atoms with van der Waals surface area (Å²) >= 11 is 0. The second kappa shape index (κ2) is 7.35. The number of nitrogens with two attached hydrogens (primary N) is 2. The Labute approximate surface area is 86.5 Å². The molecule has 1 aliphatic rings. The van der Waals surface area contributed by atoms with Crippen LogP contribution in [0.3, 0.4) is 0 Å². The minimum absolute atomic E-state index is 0.130. The maximum absolute atomic E-state index is 4.82. The van der Waals surface area contributed by atoms with Crippen molar-refractivity contribution < 1.29 is 0 Å². The first-order valence-electron chi connectivity index (χ1n) is 5.05. The zero-order chi connectivity index (χ0) is 11.0. The van der Waals surface area contributed by atoms with Crippen molar-refractivity contribution in [2.75, 3.05) is 7.05 Å². The molecule has 1 rings (SSSR count). The minimum atomic E-state index is 0.130. The Morgan fingerprint density at radius 3 is 2.43 bits per heavy atom. The molecule has 0 bridgehead atoms. The molecule has 0 radical (unpaired) electrons. The van der Waals surface area contributed by atoms with E-state index in [-0.39, 0.29) is 5.96 Å². The fraction of sp³-hybridized carbons (Fsp3) is 0.800. The second-order valence-corrected chi connectivity index (χ2v) is 3.84. The van der Waals surface area contributed by atoms with Crippen LogP contribution in [0, 0.1) is 5.92 Å². The van der Waals surface area contributed by atoms with E-state index in [1.807, 2.05) is 0 Å². The van der Waals surface area contributed by atoms with Gasteiger partial charge in [0.05, 0.1) is 6.04 Å². The van der Waals surface area contributed by atoms with Crippen molar-refractivity contribution in [1.29, 1.82) is 0 Å². The number of hydrogen-bond donors (Lipinski definition) is 2. The molecule has 0 spiro atoms. The summed E-state index contributed by atoms with van der Waals surface area (Å²) in [5.74, 6) is 0.940. The summed E-state index contributed by atoms with van der Waals surface area (Å²) < 4.78 is 0. The van der Waals surface area contributed by atoms with Gasteiger partial charge in [0.15, 0.2) is 5.96 Å². The van der Waals surface area contributed by atoms with Gasteiger partial charge in [0.1, 0.15) is 0 Å². The van der Waals surface area contributed by atoms with Crippen molar-refractivity contribution in [2.24, 2.45) is 27.4 Å². The fourth-order valence-electron chi connectivity index (χ4n) is 1.29. The summed E-state index contributed by atoms with van der Waals surface area (Å²) in [7, 11) is 1.54. The zero-order valence-electron chi connectivity index (χ0n) is 9.40. The highest BCUT2D eigenvalue weighted by Gasteiger charge is 2.10. The van der Waals surface area contributed by atoms with Gasteiger partial charge in [-0.1, -0.05) is 13.8 Å². The fourth-order valence-corrected chi connectivity index (χ4v) is 1.29. The van der Waals surface area contributed by atoms with Gasteiger partial charge < -0.3 is 11.5 Å². The third kappa shape index (κ3) is 7.58. The van der Waals surface area contributed by atoms with Gasteiger partial charge >= 0.3 is 0 Å². The average molecular weight is 198 g/mol. The van der Waals surface area contributed by atoms with Crippen LogP contribution in [0.2, 0.25) is 0 Å². The average Bonchev–Trinajstić information content (AvgIpc) is 2.57. The van der Waals surface area contributed by atoms with E-state index in [0.717, 1.165) is 5.92 Å². The Hall–Kier alpha value is -1.06. The first-order chi connectivity index (χ1) is 6.56. The van der Waals surface area contributed by atoms with Crippen molar-refractivity contribution >= 4 is 12.2 Å². The first kappa shape index (κ1) is 12.9. The first-order valence-corrected chi connectivity index (χ1v) is 5.05. The zero-order valence-corrected chi connectivity index (χ0v) is 9.40. The van der Waals surface area contributed by atoms with Crippen LogP contribution in [0.15, 0.2) is 9.98 Å². The molecule has 0 aromatic rings. The van der Waals surface area contributed by atoms with Crippen LogP contribution in [0.1, 0.15) is 33.1 Å². The number of hydrogen-bond acceptors (Lipinski definition) is 2. The molecule has 82 valence electrons. The van der Waals surface area contributed by atoms with Crippen LogP contribution in [-0.4, -0.2) is 25.3 Å². The van der Waals surface area contributed by atoms with Gasteiger partial charge in [0, 0.05) is 7.05 Å². The van der Waals surface area contributed by atoms with Gasteiger partial charge in [0.2, 0.25) is 0 Å². The van der Waals surface area contributed by atoms with Gasteiger partial charge in [0.25, 0.3) is 0 Å². The molecule has 4 heteroatoms. The van der Waals surface area contributed by atoms with E-state index in [1.165, 1.54) is 26.3 Å². The van der Waals surface area contributed by atoms with E-state index < -0.39 is 0 Å². The topological polar surface area (TPSA) is 76.8 Å². The Balaban J connectivity index is 0.000000292. The summed E-state index contributed by atoms with van der Waals surface area (Å²) in [6.07, 6.45) is 5.83. The molecule has 0 aromatic carbocycles. The van der Waals surface area contributed by atoms with Crippen molar-refractivity contribution in [3.05, 3.63) is 0 Å². The highest BCUT2D eigenvalue weighted by atomic mass is 15.0. The lowest BCUT2D eigenvalue weighted by Crippen LogP contribution is -2.21. The molecule has 14 heavy (non-hydrogen) atoms. The van der Waals surface area contributed by atoms with E-state index in [0.29, 0.717) is 6.04 Å². The number of nitrogens with zero attached hydrogens (tertiary/aromatic N) is 2. The van der Waals surface area contributed by atoms with Gasteiger partial charge in [-0.15, -0.1) is 0 Å². The minimum Gasteiger partial charge on any atom is -0.370 e. The van der Waals surface area contributed by atoms with Crippen molar-refractivity contribution in [2.45, 2.75) is 39.2 Å². The SMILES string of the molecule is CC(C)CC1CCC=N1.CN=C(N)N. The molecular weight excluding hydrogens is 176 g/mol. The van der Waals surface area contributed by atoms with Crippen LogP contribution in [0.5, 0.6) is 0 Å². The third-order valence-corrected chi connectivity index (χ3v) is 1.95. The Kier molecular flexibility index (Phi) is 6.80. The lowest BCUT2D eigenvalue weighted by atomic mass is 10.0. The van der Waals surface area contributed by atoms with Gasteiger partial charge in [-0.25, -0.2) is 0 Å². The maximum atomic E-state index is 4.82. The van der Waals surface area contributed by atoms with Crippen molar-refractivity contribution in [3.8, 4) is 0 Å². The molecule has 1 heterocycles. The standard InChI is InChI=1S/C8H15N.C2H7N3/c1-7(2)6-8-4-3-5-9-8;1-5-2(3)4/h5,7-8H,3-4,6H2,1-2H3;1H3,(H4,3,4,5). The predicted octanol–water partition coefficient (Wildman–Crippen LogP) is 1.16. The number of aliphatic imine (C=N–C) groups is 2. The highest BCUT2D eigenvalue weighted by Crippen LogP contribution is 2.16. The predicted molar refractivity (Wildman–Crippen MR) is 62.7 cm³/mol. The van der Waals surface area contributed by atoms with Gasteiger partial charge in [-0.3, -0.25) is 9.98 Å². The molecule has 0 amide bonds. The smallest absolute Gasteiger partial charge is 0.185 e. The summed E-state index contributed by atoms with van der Waals surface area (Å²) in [5.41, 5.74) is 9.64. The van der Waals surface area contributed by atoms with Crippen LogP contribution < -0.4 is 11.5 Å². The van der Waals surface area contributed by atoms with E-state index >= 15 is 0 Å². The van der Waals surface area contributed by atoms with Crippen LogP contribution >= 0.6 is 0 Å². The molecule has 1 aliphatic heterocycles. The summed E-state index contributed by atoms with van der Waals surface area (Å²) in [6, 6.07) is 0.657. The van der Waals surface area contributed by atoms with E-state index in [1.54, 1.807) is 0 Å². The summed E-state index contributed by atoms with van der Waals surface area (Å²) in [5, 5.41) is 0. The summed E-state index contributed by atoms with van der Waals surface area (Å²) in [6.45, 7) is 4.52. The number of guanidine groups is 1. The van der Waals surface area contributed by atoms with Crippen molar-refractivity contribution in [1.82, 2.24) is 0 Å². The molecule has 0 aliphatic carbocycles. The lowest BCUT2D eigenvalue weighted by molar-refractivity contribution is 0.496. The molecule has 4 nitrogen and oxygen atoms in total. The largest absolute Gasteiger partial charge is 0.370 e. The van der Waals surface area contributed by atoms with Crippen molar-refractivity contribution in [3.63, 3.8) is 0 Å². The Bertz CT molecular complexity index is 192. The third-order valence-electron chi connectivity index (χ3n) is 1.95. The number of rotatable bonds is 2. The molecule has 4 N–H and O–H groups in total. The summed E-state index contributed by atoms with van der Waals surface area (Å²) in [4.78, 5) is 7.71. The van der Waals surface area contributed by atoms with Gasteiger partial charge in [-0.05, 0) is 31.4 Å².